The quantitative estimate of drug-likeness (QED) is 0.693. The molecule has 0 aliphatic heterocycles. The molecule has 13 heavy (non-hydrogen) atoms. The lowest BCUT2D eigenvalue weighted by molar-refractivity contribution is 0.576. The van der Waals surface area contributed by atoms with Crippen LogP contribution in [-0.4, -0.2) is 16.0 Å². The van der Waals surface area contributed by atoms with Crippen LogP contribution in [0.4, 0.5) is 0 Å². The van der Waals surface area contributed by atoms with Crippen molar-refractivity contribution in [2.45, 2.75) is 25.9 Å². The zero-order valence-corrected chi connectivity index (χ0v) is 7.70. The van der Waals surface area contributed by atoms with Crippen molar-refractivity contribution < 1.29 is 0 Å². The van der Waals surface area contributed by atoms with E-state index in [2.05, 4.69) is 21.2 Å². The molecule has 0 radical (unpaired) electrons. The molecule has 68 valence electrons. The van der Waals surface area contributed by atoms with Gasteiger partial charge in [-0.1, -0.05) is 12.8 Å². The molecule has 0 aliphatic rings. The van der Waals surface area contributed by atoms with Crippen LogP contribution in [-0.2, 0) is 6.54 Å². The molecule has 1 unspecified atom stereocenters. The second-order valence-electron chi connectivity index (χ2n) is 2.67. The van der Waals surface area contributed by atoms with Gasteiger partial charge in [0.05, 0.1) is 12.6 Å². The maximum absolute atomic E-state index is 5.29. The van der Waals surface area contributed by atoms with Crippen molar-refractivity contribution in [3.05, 3.63) is 24.3 Å². The molecule has 1 aromatic rings. The summed E-state index contributed by atoms with van der Waals surface area (Å²) in [6.07, 6.45) is 9.66. The Labute approximate surface area is 78.6 Å². The van der Waals surface area contributed by atoms with Crippen molar-refractivity contribution in [3.63, 3.8) is 0 Å². The molecule has 0 spiro atoms. The van der Waals surface area contributed by atoms with E-state index in [4.69, 9.17) is 6.42 Å². The van der Waals surface area contributed by atoms with Crippen LogP contribution in [0.2, 0.25) is 0 Å². The molecule has 1 atom stereocenters. The highest BCUT2D eigenvalue weighted by Gasteiger charge is 2.00. The van der Waals surface area contributed by atoms with E-state index in [1.165, 1.54) is 0 Å². The second-order valence-corrected chi connectivity index (χ2v) is 2.67. The lowest BCUT2D eigenvalue weighted by Gasteiger charge is -2.08. The van der Waals surface area contributed by atoms with Crippen molar-refractivity contribution in [2.24, 2.45) is 0 Å². The van der Waals surface area contributed by atoms with Crippen LogP contribution < -0.4 is 5.32 Å². The van der Waals surface area contributed by atoms with E-state index in [1.807, 2.05) is 6.92 Å². The van der Waals surface area contributed by atoms with Crippen LogP contribution in [0.3, 0.4) is 0 Å². The minimum absolute atomic E-state index is 0.115. The van der Waals surface area contributed by atoms with E-state index in [0.717, 1.165) is 12.2 Å². The molecule has 1 rings (SSSR count). The van der Waals surface area contributed by atoms with E-state index in [9.17, 15) is 0 Å². The first-order valence-electron chi connectivity index (χ1n) is 4.32. The van der Waals surface area contributed by atoms with Gasteiger partial charge in [-0.05, 0) is 12.5 Å². The summed E-state index contributed by atoms with van der Waals surface area (Å²) in [6.45, 7) is 2.67. The fourth-order valence-corrected chi connectivity index (χ4v) is 0.957. The number of rotatable bonds is 4. The molecule has 1 aromatic heterocycles. The Morgan fingerprint density at radius 3 is 2.77 bits per heavy atom. The molecule has 1 N–H and O–H groups in total. The van der Waals surface area contributed by atoms with Crippen LogP contribution in [0, 0.1) is 12.3 Å². The van der Waals surface area contributed by atoms with E-state index < -0.39 is 0 Å². The molecule has 1 heterocycles. The third-order valence-corrected chi connectivity index (χ3v) is 1.74. The molecule has 3 heteroatoms. The molecule has 0 saturated carbocycles. The maximum Gasteiger partial charge on any atom is 0.141 e. The molecule has 0 bridgehead atoms. The van der Waals surface area contributed by atoms with Crippen molar-refractivity contribution >= 4 is 0 Å². The fourth-order valence-electron chi connectivity index (χ4n) is 0.957. The molecule has 0 fully saturated rings. The number of hydrogen-bond donors (Lipinski definition) is 1. The summed E-state index contributed by atoms with van der Waals surface area (Å²) in [5.41, 5.74) is 0. The third kappa shape index (κ3) is 3.22. The van der Waals surface area contributed by atoms with Gasteiger partial charge in [-0.25, -0.2) is 9.97 Å². The number of terminal acetylenes is 1. The van der Waals surface area contributed by atoms with Gasteiger partial charge in [0, 0.05) is 12.4 Å². The van der Waals surface area contributed by atoms with Crippen molar-refractivity contribution in [2.75, 3.05) is 0 Å². The van der Waals surface area contributed by atoms with Gasteiger partial charge in [0.1, 0.15) is 5.82 Å². The highest BCUT2D eigenvalue weighted by atomic mass is 15.0. The molecule has 0 aromatic carbocycles. The fraction of sp³-hybridized carbons (Fsp3) is 0.400. The van der Waals surface area contributed by atoms with E-state index in [-0.39, 0.29) is 6.04 Å². The summed E-state index contributed by atoms with van der Waals surface area (Å²) < 4.78 is 0. The Morgan fingerprint density at radius 1 is 1.54 bits per heavy atom. The highest BCUT2D eigenvalue weighted by Crippen LogP contribution is 1.91. The zero-order valence-electron chi connectivity index (χ0n) is 7.70. The Hall–Kier alpha value is -1.40. The molecule has 0 saturated heterocycles. The SMILES string of the molecule is C#CC(CC)NCc1ncccn1. The van der Waals surface area contributed by atoms with Crippen LogP contribution in [0.25, 0.3) is 0 Å². The molecule has 0 amide bonds. The minimum atomic E-state index is 0.115. The average molecular weight is 175 g/mol. The number of aromatic nitrogens is 2. The van der Waals surface area contributed by atoms with Gasteiger partial charge >= 0.3 is 0 Å². The van der Waals surface area contributed by atoms with Crippen LogP contribution in [0.1, 0.15) is 19.2 Å². The number of nitrogens with zero attached hydrogens (tertiary/aromatic N) is 2. The second kappa shape index (κ2) is 5.28. The summed E-state index contributed by atoms with van der Waals surface area (Å²) in [5.74, 6) is 3.43. The monoisotopic (exact) mass is 175 g/mol. The summed E-state index contributed by atoms with van der Waals surface area (Å²) >= 11 is 0. The highest BCUT2D eigenvalue weighted by molar-refractivity contribution is 4.99. The Kier molecular flexibility index (Phi) is 3.94. The third-order valence-electron chi connectivity index (χ3n) is 1.74. The van der Waals surface area contributed by atoms with E-state index in [0.29, 0.717) is 6.54 Å². The minimum Gasteiger partial charge on any atom is -0.297 e. The lowest BCUT2D eigenvalue weighted by atomic mass is 10.2. The van der Waals surface area contributed by atoms with E-state index >= 15 is 0 Å². The Bertz CT molecular complexity index is 276. The first-order chi connectivity index (χ1) is 6.36. The van der Waals surface area contributed by atoms with Crippen molar-refractivity contribution in [1.29, 1.82) is 0 Å². The van der Waals surface area contributed by atoms with Gasteiger partial charge in [0.2, 0.25) is 0 Å². The first-order valence-corrected chi connectivity index (χ1v) is 4.32. The molecule has 3 nitrogen and oxygen atoms in total. The average Bonchev–Trinajstić information content (AvgIpc) is 2.21. The lowest BCUT2D eigenvalue weighted by Crippen LogP contribution is -2.26. The summed E-state index contributed by atoms with van der Waals surface area (Å²) in [4.78, 5) is 8.15. The number of nitrogens with one attached hydrogen (secondary N) is 1. The topological polar surface area (TPSA) is 37.8 Å². The molecule has 0 aliphatic carbocycles. The van der Waals surface area contributed by atoms with Gasteiger partial charge in [0.25, 0.3) is 0 Å². The Morgan fingerprint density at radius 2 is 2.23 bits per heavy atom. The van der Waals surface area contributed by atoms with Crippen molar-refractivity contribution in [3.8, 4) is 12.3 Å². The zero-order chi connectivity index (χ0) is 9.52. The van der Waals surface area contributed by atoms with Crippen LogP contribution >= 0.6 is 0 Å². The van der Waals surface area contributed by atoms with Gasteiger partial charge < -0.3 is 0 Å². The molecular formula is C10H13N3. The predicted molar refractivity (Wildman–Crippen MR) is 51.8 cm³/mol. The first kappa shape index (κ1) is 9.69. The smallest absolute Gasteiger partial charge is 0.141 e. The predicted octanol–water partition coefficient (Wildman–Crippen LogP) is 0.978. The van der Waals surface area contributed by atoms with Gasteiger partial charge in [-0.3, -0.25) is 5.32 Å². The summed E-state index contributed by atoms with van der Waals surface area (Å²) in [6, 6.07) is 1.91. The largest absolute Gasteiger partial charge is 0.297 e. The summed E-state index contributed by atoms with van der Waals surface area (Å²) in [7, 11) is 0. The van der Waals surface area contributed by atoms with Crippen LogP contribution in [0.5, 0.6) is 0 Å². The van der Waals surface area contributed by atoms with Gasteiger partial charge in [0.15, 0.2) is 0 Å². The number of hydrogen-bond acceptors (Lipinski definition) is 3. The standard InChI is InChI=1S/C10H13N3/c1-3-9(4-2)13-8-10-11-6-5-7-12-10/h1,5-7,9,13H,4,8H2,2H3. The Balaban J connectivity index is 2.40. The van der Waals surface area contributed by atoms with E-state index in [1.54, 1.807) is 18.5 Å². The van der Waals surface area contributed by atoms with Gasteiger partial charge in [-0.2, -0.15) is 0 Å². The van der Waals surface area contributed by atoms with Gasteiger partial charge in [-0.15, -0.1) is 6.42 Å². The molecular weight excluding hydrogens is 162 g/mol. The van der Waals surface area contributed by atoms with Crippen LogP contribution in [0.15, 0.2) is 18.5 Å². The maximum atomic E-state index is 5.29. The summed E-state index contributed by atoms with van der Waals surface area (Å²) in [5, 5.41) is 3.17. The normalized spacial score (nSPS) is 12.0. The van der Waals surface area contributed by atoms with Crippen molar-refractivity contribution in [1.82, 2.24) is 15.3 Å².